The summed E-state index contributed by atoms with van der Waals surface area (Å²) in [6.07, 6.45) is 1.77. The van der Waals surface area contributed by atoms with Gasteiger partial charge < -0.3 is 9.47 Å². The molecule has 0 aliphatic rings. The molecule has 7 heteroatoms. The van der Waals surface area contributed by atoms with E-state index >= 15 is 0 Å². The second-order valence-corrected chi connectivity index (χ2v) is 7.81. The lowest BCUT2D eigenvalue weighted by atomic mass is 10.2. The highest BCUT2D eigenvalue weighted by atomic mass is 32.1. The summed E-state index contributed by atoms with van der Waals surface area (Å²) in [5, 5.41) is 10.5. The molecule has 1 aromatic carbocycles. The van der Waals surface area contributed by atoms with E-state index in [0.29, 0.717) is 5.49 Å². The molecule has 0 radical (unpaired) electrons. The van der Waals surface area contributed by atoms with Gasteiger partial charge in [-0.2, -0.15) is 0 Å². The molecule has 26 heavy (non-hydrogen) atoms. The van der Waals surface area contributed by atoms with E-state index in [1.807, 2.05) is 36.9 Å². The zero-order valence-corrected chi connectivity index (χ0v) is 16.3. The maximum absolute atomic E-state index is 8.68. The molecule has 3 heterocycles. The molecule has 0 aliphatic carbocycles. The Labute approximate surface area is 155 Å². The SMILES string of the molecule is Cc1c(C)n(-c2nc3ccccc3s2)c2ncn(CCN(C)C)c(=N)c12. The van der Waals surface area contributed by atoms with Gasteiger partial charge in [0.2, 0.25) is 0 Å². The molecular weight excluding hydrogens is 344 g/mol. The van der Waals surface area contributed by atoms with Crippen molar-refractivity contribution in [1.29, 1.82) is 5.41 Å². The van der Waals surface area contributed by atoms with Gasteiger partial charge in [0.05, 0.1) is 21.9 Å². The van der Waals surface area contributed by atoms with Gasteiger partial charge in [0.15, 0.2) is 10.8 Å². The van der Waals surface area contributed by atoms with Crippen molar-refractivity contribution in [2.24, 2.45) is 0 Å². The van der Waals surface area contributed by atoms with E-state index in [1.54, 1.807) is 17.7 Å². The summed E-state index contributed by atoms with van der Waals surface area (Å²) in [7, 11) is 4.07. The Morgan fingerprint density at radius 1 is 1.19 bits per heavy atom. The molecule has 0 unspecified atom stereocenters. The van der Waals surface area contributed by atoms with Crippen LogP contribution in [0.3, 0.4) is 0 Å². The molecular formula is C19H22N6S. The Kier molecular flexibility index (Phi) is 4.13. The van der Waals surface area contributed by atoms with E-state index in [-0.39, 0.29) is 0 Å². The van der Waals surface area contributed by atoms with Crippen molar-refractivity contribution in [3.05, 3.63) is 47.3 Å². The Morgan fingerprint density at radius 2 is 1.96 bits per heavy atom. The summed E-state index contributed by atoms with van der Waals surface area (Å²) in [4.78, 5) is 11.6. The molecule has 0 amide bonds. The topological polar surface area (TPSA) is 62.7 Å². The molecule has 0 spiro atoms. The van der Waals surface area contributed by atoms with Crippen LogP contribution in [0.2, 0.25) is 0 Å². The van der Waals surface area contributed by atoms with E-state index in [4.69, 9.17) is 15.4 Å². The third-order valence-corrected chi connectivity index (χ3v) is 5.82. The van der Waals surface area contributed by atoms with Gasteiger partial charge in [-0.25, -0.2) is 9.97 Å². The number of aromatic nitrogens is 4. The molecule has 0 fully saturated rings. The summed E-state index contributed by atoms with van der Waals surface area (Å²) < 4.78 is 5.16. The lowest BCUT2D eigenvalue weighted by molar-refractivity contribution is 0.379. The number of benzene rings is 1. The fraction of sp³-hybridized carbons (Fsp3) is 0.316. The summed E-state index contributed by atoms with van der Waals surface area (Å²) >= 11 is 1.65. The van der Waals surface area contributed by atoms with E-state index < -0.39 is 0 Å². The maximum atomic E-state index is 8.68. The van der Waals surface area contributed by atoms with Crippen molar-refractivity contribution in [3.8, 4) is 5.13 Å². The van der Waals surface area contributed by atoms with E-state index in [0.717, 1.165) is 50.7 Å². The first kappa shape index (κ1) is 16.9. The van der Waals surface area contributed by atoms with Crippen molar-refractivity contribution in [3.63, 3.8) is 0 Å². The lowest BCUT2D eigenvalue weighted by Crippen LogP contribution is -2.27. The van der Waals surface area contributed by atoms with E-state index in [1.165, 1.54) is 0 Å². The molecule has 0 aliphatic heterocycles. The van der Waals surface area contributed by atoms with Gasteiger partial charge >= 0.3 is 0 Å². The average Bonchev–Trinajstić information content (AvgIpc) is 3.14. The van der Waals surface area contributed by atoms with Crippen molar-refractivity contribution >= 4 is 32.6 Å². The predicted octanol–water partition coefficient (Wildman–Crippen LogP) is 3.09. The summed E-state index contributed by atoms with van der Waals surface area (Å²) in [6.45, 7) is 5.77. The second kappa shape index (κ2) is 6.34. The highest BCUT2D eigenvalue weighted by molar-refractivity contribution is 7.20. The molecule has 0 saturated carbocycles. The van der Waals surface area contributed by atoms with Crippen LogP contribution in [0.15, 0.2) is 30.6 Å². The van der Waals surface area contributed by atoms with Gasteiger partial charge in [0.25, 0.3) is 0 Å². The summed E-state index contributed by atoms with van der Waals surface area (Å²) in [5.74, 6) is 0. The zero-order valence-electron chi connectivity index (χ0n) is 15.4. The van der Waals surface area contributed by atoms with Gasteiger partial charge in [-0.3, -0.25) is 9.98 Å². The molecule has 0 atom stereocenters. The largest absolute Gasteiger partial charge is 0.316 e. The van der Waals surface area contributed by atoms with Crippen LogP contribution in [0.1, 0.15) is 11.3 Å². The standard InChI is InChI=1S/C19H22N6S/c1-12-13(2)25(19-22-14-7-5-6-8-15(14)26-19)18-16(12)17(20)24(11-21-18)10-9-23(3)4/h5-8,11,20H,9-10H2,1-4H3. The molecule has 3 aromatic heterocycles. The zero-order chi connectivity index (χ0) is 18.4. The molecule has 1 N–H and O–H groups in total. The Bertz CT molecular complexity index is 1130. The van der Waals surface area contributed by atoms with Gasteiger partial charge in [-0.1, -0.05) is 23.5 Å². The highest BCUT2D eigenvalue weighted by Crippen LogP contribution is 2.30. The second-order valence-electron chi connectivity index (χ2n) is 6.80. The quantitative estimate of drug-likeness (QED) is 0.604. The van der Waals surface area contributed by atoms with Crippen molar-refractivity contribution < 1.29 is 0 Å². The van der Waals surface area contributed by atoms with E-state index in [2.05, 4.69) is 29.4 Å². The molecule has 4 aromatic rings. The van der Waals surface area contributed by atoms with Crippen LogP contribution in [0, 0.1) is 19.3 Å². The number of nitrogens with zero attached hydrogens (tertiary/aromatic N) is 5. The van der Waals surface area contributed by atoms with Crippen molar-refractivity contribution in [2.75, 3.05) is 20.6 Å². The third kappa shape index (κ3) is 2.64. The van der Waals surface area contributed by atoms with Gasteiger partial charge in [0.1, 0.15) is 5.49 Å². The number of nitrogens with one attached hydrogen (secondary N) is 1. The fourth-order valence-electron chi connectivity index (χ4n) is 3.19. The number of thiazole rings is 1. The molecule has 134 valence electrons. The molecule has 6 nitrogen and oxygen atoms in total. The average molecular weight is 366 g/mol. The molecule has 0 saturated heterocycles. The van der Waals surface area contributed by atoms with Crippen molar-refractivity contribution in [1.82, 2.24) is 24.0 Å². The van der Waals surface area contributed by atoms with Crippen LogP contribution in [0.4, 0.5) is 0 Å². The number of hydrogen-bond donors (Lipinski definition) is 1. The Balaban J connectivity index is 1.92. The molecule has 4 rings (SSSR count). The van der Waals surface area contributed by atoms with Crippen LogP contribution in [0.5, 0.6) is 0 Å². The number of para-hydroxylation sites is 1. The fourth-order valence-corrected chi connectivity index (χ4v) is 4.21. The highest BCUT2D eigenvalue weighted by Gasteiger charge is 2.18. The number of aryl methyl sites for hydroxylation is 1. The summed E-state index contributed by atoms with van der Waals surface area (Å²) in [6, 6.07) is 8.15. The van der Waals surface area contributed by atoms with Crippen LogP contribution in [-0.2, 0) is 6.54 Å². The predicted molar refractivity (Wildman–Crippen MR) is 106 cm³/mol. The first-order valence-corrected chi connectivity index (χ1v) is 9.41. The van der Waals surface area contributed by atoms with Gasteiger partial charge in [0, 0.05) is 18.8 Å². The van der Waals surface area contributed by atoms with Gasteiger partial charge in [-0.15, -0.1) is 0 Å². The molecule has 0 bridgehead atoms. The number of rotatable bonds is 4. The Hall–Kier alpha value is -2.51. The first-order chi connectivity index (χ1) is 12.5. The van der Waals surface area contributed by atoms with Gasteiger partial charge in [-0.05, 0) is 45.6 Å². The minimum Gasteiger partial charge on any atom is -0.316 e. The summed E-state index contributed by atoms with van der Waals surface area (Å²) in [5.41, 5.74) is 4.50. The van der Waals surface area contributed by atoms with Crippen LogP contribution in [-0.4, -0.2) is 44.6 Å². The van der Waals surface area contributed by atoms with E-state index in [9.17, 15) is 0 Å². The number of likely N-dealkylation sites (N-methyl/N-ethyl adjacent to an activating group) is 1. The minimum atomic E-state index is 0.511. The van der Waals surface area contributed by atoms with Crippen molar-refractivity contribution in [2.45, 2.75) is 20.4 Å². The van der Waals surface area contributed by atoms with Crippen LogP contribution in [0.25, 0.3) is 26.4 Å². The third-order valence-electron chi connectivity index (χ3n) is 4.79. The van der Waals surface area contributed by atoms with Crippen LogP contribution < -0.4 is 5.49 Å². The monoisotopic (exact) mass is 366 g/mol. The normalized spacial score (nSPS) is 11.9. The minimum absolute atomic E-state index is 0.511. The first-order valence-electron chi connectivity index (χ1n) is 8.59. The number of hydrogen-bond acceptors (Lipinski definition) is 5. The number of fused-ring (bicyclic) bond motifs is 2. The maximum Gasteiger partial charge on any atom is 0.196 e. The van der Waals surface area contributed by atoms with Crippen LogP contribution >= 0.6 is 11.3 Å². The smallest absolute Gasteiger partial charge is 0.196 e. The Morgan fingerprint density at radius 3 is 2.69 bits per heavy atom. The lowest BCUT2D eigenvalue weighted by Gasteiger charge is -2.12.